The molecule has 0 aromatic heterocycles. The van der Waals surface area contributed by atoms with E-state index in [-0.39, 0.29) is 17.4 Å². The van der Waals surface area contributed by atoms with Gasteiger partial charge in [-0.25, -0.2) is 0 Å². The minimum absolute atomic E-state index is 0.0381. The molecule has 1 saturated carbocycles. The molecule has 1 aliphatic carbocycles. The molecule has 0 amide bonds. The van der Waals surface area contributed by atoms with Gasteiger partial charge in [-0.3, -0.25) is 0 Å². The van der Waals surface area contributed by atoms with E-state index in [4.69, 9.17) is 4.74 Å². The monoisotopic (exact) mass is 360 g/mol. The maximum atomic E-state index is 14.4. The summed E-state index contributed by atoms with van der Waals surface area (Å²) in [4.78, 5) is 0. The lowest BCUT2D eigenvalue weighted by molar-refractivity contribution is 0.356. The van der Waals surface area contributed by atoms with Crippen LogP contribution in [0.4, 0.5) is 0 Å². The van der Waals surface area contributed by atoms with Crippen LogP contribution in [0.15, 0.2) is 91.0 Å². The van der Waals surface area contributed by atoms with Crippen molar-refractivity contribution in [2.24, 2.45) is 0 Å². The van der Waals surface area contributed by atoms with Gasteiger partial charge in [0.1, 0.15) is 11.9 Å². The quantitative estimate of drug-likeness (QED) is 0.497. The molecule has 1 aliphatic heterocycles. The summed E-state index contributed by atoms with van der Waals surface area (Å²) in [7, 11) is -2.84. The normalized spacial score (nSPS) is 23.4. The second kappa shape index (κ2) is 5.94. The summed E-state index contributed by atoms with van der Waals surface area (Å²) in [5, 5.41) is 1.78. The summed E-state index contributed by atoms with van der Waals surface area (Å²) < 4.78 is 20.6. The van der Waals surface area contributed by atoms with Crippen LogP contribution < -0.4 is 10.6 Å². The molecule has 3 aromatic rings. The van der Waals surface area contributed by atoms with E-state index in [2.05, 4.69) is 24.3 Å². The fourth-order valence-corrected chi connectivity index (χ4v) is 7.25. The van der Waals surface area contributed by atoms with Crippen molar-refractivity contribution in [1.29, 1.82) is 0 Å². The summed E-state index contributed by atoms with van der Waals surface area (Å²) in [5.74, 6) is -0.227. The second-order valence-corrected chi connectivity index (χ2v) is 10.2. The Bertz CT molecular complexity index is 906. The SMILES string of the molecule is O=P(c1ccccc1)(c1ccccc1)[C@@H]1O[C@H]1C1(c2ccccc2)CC1. The van der Waals surface area contributed by atoms with Crippen molar-refractivity contribution in [3.8, 4) is 0 Å². The predicted molar refractivity (Wildman–Crippen MR) is 106 cm³/mol. The van der Waals surface area contributed by atoms with Crippen LogP contribution in [0, 0.1) is 0 Å². The molecule has 26 heavy (non-hydrogen) atoms. The number of hydrogen-bond acceptors (Lipinski definition) is 2. The lowest BCUT2D eigenvalue weighted by atomic mass is 9.93. The Morgan fingerprint density at radius 2 is 1.19 bits per heavy atom. The van der Waals surface area contributed by atoms with Gasteiger partial charge in [0.25, 0.3) is 0 Å². The fraction of sp³-hybridized carbons (Fsp3) is 0.217. The van der Waals surface area contributed by atoms with E-state index < -0.39 is 7.14 Å². The van der Waals surface area contributed by atoms with Crippen LogP contribution in [0.5, 0.6) is 0 Å². The van der Waals surface area contributed by atoms with Gasteiger partial charge in [-0.2, -0.15) is 0 Å². The van der Waals surface area contributed by atoms with Gasteiger partial charge in [-0.15, -0.1) is 0 Å². The molecule has 0 bridgehead atoms. The zero-order valence-electron chi connectivity index (χ0n) is 14.5. The van der Waals surface area contributed by atoms with Crippen molar-refractivity contribution in [1.82, 2.24) is 0 Å². The highest BCUT2D eigenvalue weighted by Crippen LogP contribution is 2.67. The first-order valence-corrected chi connectivity index (χ1v) is 10.9. The first-order chi connectivity index (χ1) is 12.7. The van der Waals surface area contributed by atoms with Crippen LogP contribution >= 0.6 is 7.14 Å². The summed E-state index contributed by atoms with van der Waals surface area (Å²) >= 11 is 0. The Balaban J connectivity index is 1.56. The molecule has 0 radical (unpaired) electrons. The van der Waals surface area contributed by atoms with Crippen LogP contribution in [-0.4, -0.2) is 11.9 Å². The Labute approximate surface area is 154 Å². The van der Waals surface area contributed by atoms with Crippen molar-refractivity contribution in [2.75, 3.05) is 0 Å². The number of benzene rings is 3. The van der Waals surface area contributed by atoms with Crippen molar-refractivity contribution < 1.29 is 9.30 Å². The van der Waals surface area contributed by atoms with Crippen LogP contribution in [0.3, 0.4) is 0 Å². The van der Waals surface area contributed by atoms with Gasteiger partial charge in [-0.05, 0) is 18.4 Å². The third-order valence-corrected chi connectivity index (χ3v) is 9.03. The van der Waals surface area contributed by atoms with Crippen LogP contribution in [0.25, 0.3) is 0 Å². The molecule has 5 rings (SSSR count). The maximum absolute atomic E-state index is 14.4. The van der Waals surface area contributed by atoms with Crippen molar-refractivity contribution in [3.05, 3.63) is 96.6 Å². The van der Waals surface area contributed by atoms with E-state index in [1.54, 1.807) is 0 Å². The Kier molecular flexibility index (Phi) is 3.67. The largest absolute Gasteiger partial charge is 0.360 e. The molecule has 2 aliphatic rings. The van der Waals surface area contributed by atoms with Crippen LogP contribution in [0.1, 0.15) is 18.4 Å². The summed E-state index contributed by atoms with van der Waals surface area (Å²) in [6.07, 6.45) is 2.26. The summed E-state index contributed by atoms with van der Waals surface area (Å²) in [5.41, 5.74) is 1.37. The highest BCUT2D eigenvalue weighted by Gasteiger charge is 2.67. The molecule has 130 valence electrons. The highest BCUT2D eigenvalue weighted by molar-refractivity contribution is 7.79. The average molecular weight is 360 g/mol. The molecule has 0 N–H and O–H groups in total. The van der Waals surface area contributed by atoms with Gasteiger partial charge in [0.05, 0.1) is 0 Å². The molecule has 2 atom stereocenters. The molecule has 3 aromatic carbocycles. The first kappa shape index (κ1) is 16.1. The van der Waals surface area contributed by atoms with Gasteiger partial charge in [0.2, 0.25) is 0 Å². The van der Waals surface area contributed by atoms with Gasteiger partial charge in [0.15, 0.2) is 7.14 Å². The van der Waals surface area contributed by atoms with Crippen LogP contribution in [0.2, 0.25) is 0 Å². The van der Waals surface area contributed by atoms with Gasteiger partial charge < -0.3 is 9.30 Å². The fourth-order valence-electron chi connectivity index (χ4n) is 4.17. The lowest BCUT2D eigenvalue weighted by Crippen LogP contribution is -2.24. The van der Waals surface area contributed by atoms with Crippen LogP contribution in [-0.2, 0) is 14.7 Å². The molecule has 0 unspecified atom stereocenters. The standard InChI is InChI=1S/C23H21O2P/c24-26(19-12-6-2-7-13-19,20-14-8-3-9-15-20)22-21(25-22)23(16-17-23)18-10-4-1-5-11-18/h1-15,21-22H,16-17H2/t21-,22+/m1/s1. The second-order valence-electron chi connectivity index (χ2n) is 7.30. The van der Waals surface area contributed by atoms with E-state index in [1.165, 1.54) is 5.56 Å². The van der Waals surface area contributed by atoms with Crippen molar-refractivity contribution in [2.45, 2.75) is 30.2 Å². The van der Waals surface area contributed by atoms with E-state index in [1.807, 2.05) is 66.7 Å². The maximum Gasteiger partial charge on any atom is 0.173 e. The zero-order chi connectivity index (χ0) is 17.6. The molecule has 2 nitrogen and oxygen atoms in total. The number of hydrogen-bond donors (Lipinski definition) is 0. The Hall–Kier alpha value is -2.15. The van der Waals surface area contributed by atoms with E-state index in [9.17, 15) is 4.57 Å². The molecule has 2 fully saturated rings. The first-order valence-electron chi connectivity index (χ1n) is 9.17. The third kappa shape index (κ3) is 2.40. The van der Waals surface area contributed by atoms with Gasteiger partial charge in [0, 0.05) is 16.0 Å². The molecule has 0 spiro atoms. The minimum Gasteiger partial charge on any atom is -0.360 e. The highest BCUT2D eigenvalue weighted by atomic mass is 31.2. The van der Waals surface area contributed by atoms with Crippen molar-refractivity contribution >= 4 is 17.8 Å². The average Bonchev–Trinajstić information content (AvgIpc) is 3.63. The Morgan fingerprint density at radius 3 is 1.65 bits per heavy atom. The number of rotatable bonds is 5. The predicted octanol–water partition coefficient (Wildman–Crippen LogP) is 4.46. The zero-order valence-corrected chi connectivity index (χ0v) is 15.4. The minimum atomic E-state index is -2.84. The lowest BCUT2D eigenvalue weighted by Gasteiger charge is -2.19. The molecular formula is C23H21O2P. The van der Waals surface area contributed by atoms with E-state index in [0.717, 1.165) is 23.5 Å². The van der Waals surface area contributed by atoms with Crippen molar-refractivity contribution in [3.63, 3.8) is 0 Å². The summed E-state index contributed by atoms with van der Waals surface area (Å²) in [6, 6.07) is 30.3. The topological polar surface area (TPSA) is 29.6 Å². The van der Waals surface area contributed by atoms with E-state index in [0.29, 0.717) is 0 Å². The molecule has 3 heteroatoms. The Morgan fingerprint density at radius 1 is 0.731 bits per heavy atom. The summed E-state index contributed by atoms with van der Waals surface area (Å²) in [6.45, 7) is 0. The number of ether oxygens (including phenoxy) is 1. The van der Waals surface area contributed by atoms with Gasteiger partial charge >= 0.3 is 0 Å². The molecule has 1 heterocycles. The third-order valence-electron chi connectivity index (χ3n) is 5.79. The smallest absolute Gasteiger partial charge is 0.173 e. The molecule has 1 saturated heterocycles. The van der Waals surface area contributed by atoms with E-state index >= 15 is 0 Å². The molecular weight excluding hydrogens is 339 g/mol. The van der Waals surface area contributed by atoms with Gasteiger partial charge in [-0.1, -0.05) is 91.0 Å². The number of epoxide rings is 1.